The number of ether oxygens (including phenoxy) is 2. The molecular formula is C10H13BrO2. The number of halogens is 1. The third-order valence-corrected chi connectivity index (χ3v) is 1.63. The molecule has 0 spiro atoms. The van der Waals surface area contributed by atoms with E-state index in [4.69, 9.17) is 9.47 Å². The Morgan fingerprint density at radius 2 is 2.00 bits per heavy atom. The predicted molar refractivity (Wildman–Crippen MR) is 56.6 cm³/mol. The summed E-state index contributed by atoms with van der Waals surface area (Å²) in [5, 5.41) is 0. The second-order valence-electron chi connectivity index (χ2n) is 2.89. The van der Waals surface area contributed by atoms with Crippen LogP contribution in [0.2, 0.25) is 0 Å². The van der Waals surface area contributed by atoms with Crippen molar-refractivity contribution in [1.29, 1.82) is 0 Å². The molecule has 2 nitrogen and oxygen atoms in total. The SMILES string of the molecule is CC(C)Oc1cccc(OCBr)c1. The number of benzene rings is 1. The van der Waals surface area contributed by atoms with Crippen LogP contribution >= 0.6 is 15.9 Å². The first-order chi connectivity index (χ1) is 6.22. The van der Waals surface area contributed by atoms with E-state index in [1.807, 2.05) is 38.1 Å². The molecule has 72 valence electrons. The second-order valence-corrected chi connectivity index (χ2v) is 3.35. The lowest BCUT2D eigenvalue weighted by Crippen LogP contribution is -2.05. The molecule has 0 heterocycles. The van der Waals surface area contributed by atoms with Crippen LogP contribution in [0.15, 0.2) is 24.3 Å². The maximum Gasteiger partial charge on any atom is 0.143 e. The molecule has 0 aromatic heterocycles. The van der Waals surface area contributed by atoms with E-state index < -0.39 is 0 Å². The van der Waals surface area contributed by atoms with Crippen molar-refractivity contribution in [2.45, 2.75) is 20.0 Å². The summed E-state index contributed by atoms with van der Waals surface area (Å²) in [6.45, 7) is 4.00. The Kier molecular flexibility index (Phi) is 4.09. The van der Waals surface area contributed by atoms with Crippen LogP contribution in [0, 0.1) is 0 Å². The zero-order valence-corrected chi connectivity index (χ0v) is 9.37. The van der Waals surface area contributed by atoms with E-state index in [1.165, 1.54) is 0 Å². The van der Waals surface area contributed by atoms with Crippen LogP contribution in [0.3, 0.4) is 0 Å². The van der Waals surface area contributed by atoms with Crippen LogP contribution < -0.4 is 9.47 Å². The maximum absolute atomic E-state index is 5.51. The molecule has 0 bridgehead atoms. The average Bonchev–Trinajstić information content (AvgIpc) is 2.04. The molecule has 1 aromatic carbocycles. The van der Waals surface area contributed by atoms with E-state index in [9.17, 15) is 0 Å². The minimum atomic E-state index is 0.194. The van der Waals surface area contributed by atoms with E-state index in [1.54, 1.807) is 0 Å². The molecule has 0 saturated carbocycles. The van der Waals surface area contributed by atoms with Gasteiger partial charge in [0.2, 0.25) is 0 Å². The molecular weight excluding hydrogens is 232 g/mol. The maximum atomic E-state index is 5.51. The molecule has 3 heteroatoms. The van der Waals surface area contributed by atoms with Gasteiger partial charge in [-0.25, -0.2) is 0 Å². The molecule has 1 rings (SSSR count). The van der Waals surface area contributed by atoms with Crippen LogP contribution in [-0.4, -0.2) is 11.6 Å². The van der Waals surface area contributed by atoms with Crippen molar-refractivity contribution in [2.24, 2.45) is 0 Å². The molecule has 0 aliphatic carbocycles. The van der Waals surface area contributed by atoms with Crippen molar-refractivity contribution in [2.75, 3.05) is 5.52 Å². The Balaban J connectivity index is 2.67. The summed E-state index contributed by atoms with van der Waals surface area (Å²) in [4.78, 5) is 0. The zero-order valence-electron chi connectivity index (χ0n) is 7.79. The standard InChI is InChI=1S/C10H13BrO2/c1-8(2)13-10-5-3-4-9(6-10)12-7-11/h3-6,8H,7H2,1-2H3. The summed E-state index contributed by atoms with van der Waals surface area (Å²) in [5.74, 6) is 1.66. The highest BCUT2D eigenvalue weighted by Crippen LogP contribution is 2.20. The van der Waals surface area contributed by atoms with E-state index in [0.717, 1.165) is 11.5 Å². The fourth-order valence-corrected chi connectivity index (χ4v) is 1.24. The van der Waals surface area contributed by atoms with E-state index in [0.29, 0.717) is 5.52 Å². The Hall–Kier alpha value is -0.700. The van der Waals surface area contributed by atoms with Gasteiger partial charge in [-0.05, 0) is 41.9 Å². The Morgan fingerprint density at radius 3 is 2.62 bits per heavy atom. The fourth-order valence-electron chi connectivity index (χ4n) is 0.972. The van der Waals surface area contributed by atoms with Gasteiger partial charge in [-0.3, -0.25) is 0 Å². The molecule has 0 aliphatic heterocycles. The fraction of sp³-hybridized carbons (Fsp3) is 0.400. The highest BCUT2D eigenvalue weighted by molar-refractivity contribution is 9.09. The lowest BCUT2D eigenvalue weighted by molar-refractivity contribution is 0.241. The van der Waals surface area contributed by atoms with Gasteiger partial charge in [0.25, 0.3) is 0 Å². The highest BCUT2D eigenvalue weighted by Gasteiger charge is 1.98. The minimum absolute atomic E-state index is 0.194. The molecule has 0 N–H and O–H groups in total. The van der Waals surface area contributed by atoms with Crippen molar-refractivity contribution in [1.82, 2.24) is 0 Å². The lowest BCUT2D eigenvalue weighted by atomic mass is 10.3. The summed E-state index contributed by atoms with van der Waals surface area (Å²) in [6.07, 6.45) is 0.194. The lowest BCUT2D eigenvalue weighted by Gasteiger charge is -2.10. The molecule has 13 heavy (non-hydrogen) atoms. The second kappa shape index (κ2) is 5.12. The van der Waals surface area contributed by atoms with Crippen molar-refractivity contribution in [3.05, 3.63) is 24.3 Å². The van der Waals surface area contributed by atoms with Crippen LogP contribution in [0.25, 0.3) is 0 Å². The molecule has 0 amide bonds. The third-order valence-electron chi connectivity index (χ3n) is 1.40. The van der Waals surface area contributed by atoms with Gasteiger partial charge in [0.05, 0.1) is 6.10 Å². The smallest absolute Gasteiger partial charge is 0.143 e. The van der Waals surface area contributed by atoms with E-state index >= 15 is 0 Å². The van der Waals surface area contributed by atoms with Crippen LogP contribution in [0.1, 0.15) is 13.8 Å². The molecule has 0 unspecified atom stereocenters. The first-order valence-corrected chi connectivity index (χ1v) is 5.30. The average molecular weight is 245 g/mol. The van der Waals surface area contributed by atoms with Gasteiger partial charge in [-0.1, -0.05) is 6.07 Å². The van der Waals surface area contributed by atoms with E-state index in [2.05, 4.69) is 15.9 Å². The van der Waals surface area contributed by atoms with Crippen molar-refractivity contribution in [3.8, 4) is 11.5 Å². The largest absolute Gasteiger partial charge is 0.491 e. The van der Waals surface area contributed by atoms with E-state index in [-0.39, 0.29) is 6.10 Å². The van der Waals surface area contributed by atoms with Crippen molar-refractivity contribution in [3.63, 3.8) is 0 Å². The monoisotopic (exact) mass is 244 g/mol. The molecule has 1 aromatic rings. The molecule has 0 radical (unpaired) electrons. The van der Waals surface area contributed by atoms with Gasteiger partial charge in [0.1, 0.15) is 17.0 Å². The van der Waals surface area contributed by atoms with Gasteiger partial charge in [0.15, 0.2) is 0 Å². The first-order valence-electron chi connectivity index (χ1n) is 4.18. The van der Waals surface area contributed by atoms with Crippen LogP contribution in [0.5, 0.6) is 11.5 Å². The summed E-state index contributed by atoms with van der Waals surface area (Å²) in [5.41, 5.74) is 0.498. The molecule has 0 atom stereocenters. The minimum Gasteiger partial charge on any atom is -0.491 e. The summed E-state index contributed by atoms with van der Waals surface area (Å²) in [7, 11) is 0. The van der Waals surface area contributed by atoms with Crippen molar-refractivity contribution >= 4 is 15.9 Å². The molecule has 0 fully saturated rings. The summed E-state index contributed by atoms with van der Waals surface area (Å²) in [6, 6.07) is 7.60. The number of hydrogen-bond acceptors (Lipinski definition) is 2. The summed E-state index contributed by atoms with van der Waals surface area (Å²) < 4.78 is 10.8. The number of alkyl halides is 1. The topological polar surface area (TPSA) is 18.5 Å². The zero-order chi connectivity index (χ0) is 9.68. The molecule has 0 aliphatic rings. The predicted octanol–water partition coefficient (Wildman–Crippen LogP) is 3.21. The highest BCUT2D eigenvalue weighted by atomic mass is 79.9. The molecule has 0 saturated heterocycles. The first kappa shape index (κ1) is 10.4. The number of rotatable bonds is 4. The Bertz CT molecular complexity index is 261. The van der Waals surface area contributed by atoms with Crippen LogP contribution in [-0.2, 0) is 0 Å². The van der Waals surface area contributed by atoms with Crippen molar-refractivity contribution < 1.29 is 9.47 Å². The Morgan fingerprint density at radius 1 is 1.31 bits per heavy atom. The van der Waals surface area contributed by atoms with Gasteiger partial charge < -0.3 is 9.47 Å². The Labute approximate surface area is 87.0 Å². The van der Waals surface area contributed by atoms with Gasteiger partial charge in [-0.15, -0.1) is 0 Å². The summed E-state index contributed by atoms with van der Waals surface area (Å²) >= 11 is 3.20. The number of hydrogen-bond donors (Lipinski definition) is 0. The quantitative estimate of drug-likeness (QED) is 0.758. The van der Waals surface area contributed by atoms with Crippen LogP contribution in [0.4, 0.5) is 0 Å². The van der Waals surface area contributed by atoms with Gasteiger partial charge in [0, 0.05) is 6.07 Å². The van der Waals surface area contributed by atoms with Gasteiger partial charge in [-0.2, -0.15) is 0 Å². The van der Waals surface area contributed by atoms with Gasteiger partial charge >= 0.3 is 0 Å². The third kappa shape index (κ3) is 3.68. The normalized spacial score (nSPS) is 10.2.